The number of quaternary nitrogens is 1. The maximum Gasteiger partial charge on any atom is 0.307 e. The van der Waals surface area contributed by atoms with Crippen LogP contribution < -0.4 is 12.4 Å². The molecule has 0 fully saturated rings. The van der Waals surface area contributed by atoms with Gasteiger partial charge in [0.05, 0.1) is 27.6 Å². The third-order valence-corrected chi connectivity index (χ3v) is 2.01. The number of carboxylic acids is 1. The molecule has 0 unspecified atom stereocenters. The fourth-order valence-electron chi connectivity index (χ4n) is 1.43. The van der Waals surface area contributed by atoms with Crippen LogP contribution in [0.3, 0.4) is 0 Å². The normalized spacial score (nSPS) is 15.6. The van der Waals surface area contributed by atoms with Gasteiger partial charge in [0.1, 0.15) is 6.54 Å². The van der Waals surface area contributed by atoms with E-state index in [0.717, 1.165) is 0 Å². The van der Waals surface area contributed by atoms with Crippen molar-refractivity contribution in [3.8, 4) is 0 Å². The van der Waals surface area contributed by atoms with Gasteiger partial charge >= 0.3 is 11.9 Å². The number of hydrogen-bond donors (Lipinski definition) is 1. The van der Waals surface area contributed by atoms with Crippen molar-refractivity contribution in [1.29, 1.82) is 0 Å². The Labute approximate surface area is 119 Å². The van der Waals surface area contributed by atoms with E-state index < -0.39 is 24.9 Å². The molecule has 5 nitrogen and oxygen atoms in total. The van der Waals surface area contributed by atoms with Crippen LogP contribution in [0.15, 0.2) is 0 Å². The van der Waals surface area contributed by atoms with Gasteiger partial charge in [0.2, 0.25) is 0 Å². The Hall–Kier alpha value is -0.810. The fourth-order valence-corrected chi connectivity index (χ4v) is 1.43. The molecule has 0 rings (SSSR count). The van der Waals surface area contributed by atoms with E-state index in [2.05, 4.69) is 0 Å². The molecule has 0 saturated heterocycles. The first-order valence-electron chi connectivity index (χ1n) is 7.11. The van der Waals surface area contributed by atoms with E-state index in [1.165, 1.54) is 0 Å². The summed E-state index contributed by atoms with van der Waals surface area (Å²) in [5, 5.41) is 8.80. The third-order valence-electron chi connectivity index (χ3n) is 2.01. The molecule has 18 heavy (non-hydrogen) atoms. The summed E-state index contributed by atoms with van der Waals surface area (Å²) in [6.07, 6.45) is -0.806. The fraction of sp³-hybridized carbons (Fsp3) is 0.833. The maximum absolute atomic E-state index is 11.6. The number of nitrogens with zero attached hydrogens (tertiary/aromatic N) is 1. The smallest absolute Gasteiger partial charge is 0.307 e. The van der Waals surface area contributed by atoms with Crippen LogP contribution in [-0.2, 0) is 14.3 Å². The number of rotatable bonds is 8. The minimum absolute atomic E-state index is 0. The Morgan fingerprint density at radius 2 is 2.00 bits per heavy atom. The molecule has 1 N–H and O–H groups in total. The zero-order chi connectivity index (χ0) is 16.0. The molecule has 0 aliphatic carbocycles. The van der Waals surface area contributed by atoms with Gasteiger partial charge in [0.25, 0.3) is 0 Å². The molecule has 0 aromatic heterocycles. The Bertz CT molecular complexity index is 342. The van der Waals surface area contributed by atoms with Crippen LogP contribution in [0.2, 0.25) is 0 Å². The van der Waals surface area contributed by atoms with E-state index in [4.69, 9.17) is 14.0 Å². The van der Waals surface area contributed by atoms with Gasteiger partial charge in [-0.05, 0) is 6.42 Å². The molecule has 0 saturated carbocycles. The molecule has 0 spiro atoms. The number of ether oxygens (including phenoxy) is 1. The van der Waals surface area contributed by atoms with Crippen LogP contribution in [0.4, 0.5) is 0 Å². The van der Waals surface area contributed by atoms with Crippen LogP contribution in [0.1, 0.15) is 36.6 Å². The Morgan fingerprint density at radius 1 is 1.39 bits per heavy atom. The molecular formula is C12H24ClNO4. The van der Waals surface area contributed by atoms with Gasteiger partial charge < -0.3 is 26.7 Å². The molecule has 1 atom stereocenters. The first-order valence-corrected chi connectivity index (χ1v) is 5.61. The minimum Gasteiger partial charge on any atom is -1.00 e. The predicted molar refractivity (Wildman–Crippen MR) is 64.6 cm³/mol. The quantitative estimate of drug-likeness (QED) is 0.425. The van der Waals surface area contributed by atoms with Crippen LogP contribution in [0.5, 0.6) is 0 Å². The molecule has 0 aliphatic heterocycles. The topological polar surface area (TPSA) is 63.6 Å². The highest BCUT2D eigenvalue weighted by atomic mass is 35.5. The van der Waals surface area contributed by atoms with E-state index in [0.29, 0.717) is 11.0 Å². The van der Waals surface area contributed by atoms with Gasteiger partial charge in [0, 0.05) is 10.5 Å². The number of carbonyl (C=O) groups is 2. The summed E-state index contributed by atoms with van der Waals surface area (Å²) in [5.74, 6) is -1.58. The average Bonchev–Trinajstić information content (AvgIpc) is 2.10. The lowest BCUT2D eigenvalue weighted by atomic mass is 10.2. The van der Waals surface area contributed by atoms with E-state index >= 15 is 0 Å². The molecular weight excluding hydrogens is 258 g/mol. The number of carbonyl (C=O) groups excluding carboxylic acids is 1. The molecule has 108 valence electrons. The summed E-state index contributed by atoms with van der Waals surface area (Å²) < 4.78 is 26.7. The Kier molecular flexibility index (Phi) is 6.93. The molecule has 0 bridgehead atoms. The van der Waals surface area contributed by atoms with Crippen molar-refractivity contribution >= 4 is 11.9 Å². The Balaban J connectivity index is 0. The van der Waals surface area contributed by atoms with E-state index in [9.17, 15) is 9.59 Å². The monoisotopic (exact) mass is 284 g/mol. The van der Waals surface area contributed by atoms with Crippen molar-refractivity contribution in [2.45, 2.75) is 38.6 Å². The van der Waals surface area contributed by atoms with E-state index in [1.54, 1.807) is 0 Å². The summed E-state index contributed by atoms with van der Waals surface area (Å²) >= 11 is 0. The standard InChI is InChI=1S/C12H23NO4.ClH/c1-5-6-7-12(16)17-10(8-11(14)15)9-13(2,3)4;/h10H,5-9H2,1-4H3;1H/t10-;/m1./s1/i1D3;. The van der Waals surface area contributed by atoms with Crippen LogP contribution in [0.25, 0.3) is 0 Å². The van der Waals surface area contributed by atoms with Gasteiger partial charge in [-0.1, -0.05) is 13.3 Å². The second-order valence-electron chi connectivity index (χ2n) is 5.04. The average molecular weight is 285 g/mol. The zero-order valence-corrected chi connectivity index (χ0v) is 11.9. The third kappa shape index (κ3) is 11.7. The second-order valence-corrected chi connectivity index (χ2v) is 5.04. The number of likely N-dealkylation sites (N-methyl/N-ethyl adjacent to an activating group) is 1. The highest BCUT2D eigenvalue weighted by Gasteiger charge is 2.24. The molecule has 0 amide bonds. The summed E-state index contributed by atoms with van der Waals surface area (Å²) in [5.41, 5.74) is 0. The summed E-state index contributed by atoms with van der Waals surface area (Å²) in [4.78, 5) is 22.4. The molecule has 0 aromatic rings. The van der Waals surface area contributed by atoms with Crippen molar-refractivity contribution in [3.05, 3.63) is 0 Å². The number of aliphatic carboxylic acids is 1. The lowest BCUT2D eigenvalue weighted by Gasteiger charge is -2.28. The second kappa shape index (κ2) is 9.16. The number of halogens is 1. The highest BCUT2D eigenvalue weighted by molar-refractivity contribution is 5.71. The first kappa shape index (κ1) is 13.6. The number of hydrogen-bond acceptors (Lipinski definition) is 3. The van der Waals surface area contributed by atoms with E-state index in [1.807, 2.05) is 21.1 Å². The zero-order valence-electron chi connectivity index (χ0n) is 14.1. The van der Waals surface area contributed by atoms with Crippen molar-refractivity contribution in [2.24, 2.45) is 0 Å². The van der Waals surface area contributed by atoms with Crippen molar-refractivity contribution in [1.82, 2.24) is 0 Å². The van der Waals surface area contributed by atoms with Crippen LogP contribution in [0, 0.1) is 0 Å². The maximum atomic E-state index is 11.6. The molecule has 0 aromatic carbocycles. The lowest BCUT2D eigenvalue weighted by Crippen LogP contribution is -3.00. The SMILES string of the molecule is [2H]C([2H])([2H])CCCC(=O)O[C@H](CC(=O)O)C[N+](C)(C)C.[Cl-]. The first-order chi connectivity index (χ1) is 8.89. The van der Waals surface area contributed by atoms with Gasteiger partial charge in [0.15, 0.2) is 6.10 Å². The van der Waals surface area contributed by atoms with Crippen LogP contribution in [-0.4, -0.2) is 55.3 Å². The summed E-state index contributed by atoms with van der Waals surface area (Å²) in [6.45, 7) is -1.67. The molecule has 0 radical (unpaired) electrons. The number of esters is 1. The lowest BCUT2D eigenvalue weighted by molar-refractivity contribution is -0.873. The minimum atomic E-state index is -2.05. The largest absolute Gasteiger partial charge is 1.00 e. The Morgan fingerprint density at radius 3 is 2.44 bits per heavy atom. The van der Waals surface area contributed by atoms with Crippen molar-refractivity contribution < 1.29 is 40.4 Å². The van der Waals surface area contributed by atoms with Crippen molar-refractivity contribution in [2.75, 3.05) is 27.7 Å². The predicted octanol–water partition coefficient (Wildman–Crippen LogP) is -1.73. The highest BCUT2D eigenvalue weighted by Crippen LogP contribution is 2.07. The van der Waals surface area contributed by atoms with Gasteiger partial charge in [-0.25, -0.2) is 0 Å². The van der Waals surface area contributed by atoms with Gasteiger partial charge in [-0.2, -0.15) is 0 Å². The van der Waals surface area contributed by atoms with Crippen LogP contribution >= 0.6 is 0 Å². The number of carboxylic acid groups (broad SMARTS) is 1. The molecule has 0 heterocycles. The molecule has 6 heteroatoms. The summed E-state index contributed by atoms with van der Waals surface area (Å²) in [7, 11) is 5.62. The van der Waals surface area contributed by atoms with Gasteiger partial charge in [-0.15, -0.1) is 0 Å². The van der Waals surface area contributed by atoms with E-state index in [-0.39, 0.29) is 38.1 Å². The van der Waals surface area contributed by atoms with Crippen molar-refractivity contribution in [3.63, 3.8) is 0 Å². The summed E-state index contributed by atoms with van der Waals surface area (Å²) in [6, 6.07) is 0. The molecule has 0 aliphatic rings. The van der Waals surface area contributed by atoms with Gasteiger partial charge in [-0.3, -0.25) is 9.59 Å².